The zero-order valence-corrected chi connectivity index (χ0v) is 43.8. The molecule has 0 aromatic heterocycles. The van der Waals surface area contributed by atoms with Gasteiger partial charge in [-0.15, -0.1) is 0 Å². The molecule has 0 heterocycles. The van der Waals surface area contributed by atoms with Gasteiger partial charge in [0.2, 0.25) is 0 Å². The van der Waals surface area contributed by atoms with Crippen LogP contribution in [0.4, 0.5) is 0 Å². The van der Waals surface area contributed by atoms with Crippen LogP contribution in [0.1, 0.15) is 219 Å². The summed E-state index contributed by atoms with van der Waals surface area (Å²) in [6.07, 6.45) is 59.5. The summed E-state index contributed by atoms with van der Waals surface area (Å²) in [5, 5.41) is 11.7. The molecule has 0 aromatic rings. The van der Waals surface area contributed by atoms with E-state index in [1.165, 1.54) is 116 Å². The summed E-state index contributed by atoms with van der Waals surface area (Å²) < 4.78 is 22.6. The summed E-state index contributed by atoms with van der Waals surface area (Å²) in [4.78, 5) is 37.2. The molecule has 2 atom stereocenters. The number of nitrogens with zero attached hydrogens (tertiary/aromatic N) is 1. The van der Waals surface area contributed by atoms with Gasteiger partial charge in [0.15, 0.2) is 12.4 Å². The summed E-state index contributed by atoms with van der Waals surface area (Å²) in [6.45, 7) is 4.59. The van der Waals surface area contributed by atoms with Gasteiger partial charge in [0, 0.05) is 12.8 Å². The molecule has 67 heavy (non-hydrogen) atoms. The van der Waals surface area contributed by atoms with Crippen molar-refractivity contribution in [1.82, 2.24) is 0 Å². The monoisotopic (exact) mass is 940 g/mol. The number of carboxylic acid groups (broad SMARTS) is 1. The number of likely N-dealkylation sites (N-methyl/N-ethyl adjacent to an activating group) is 1. The number of unbranched alkanes of at least 4 members (excludes halogenated alkanes) is 22. The molecule has 0 aromatic carbocycles. The Morgan fingerprint density at radius 3 is 1.27 bits per heavy atom. The average Bonchev–Trinajstić information content (AvgIpc) is 3.29. The molecule has 0 aliphatic carbocycles. The molecule has 0 spiro atoms. The molecule has 0 aliphatic rings. The normalized spacial score (nSPS) is 13.4. The van der Waals surface area contributed by atoms with Crippen LogP contribution in [0, 0.1) is 0 Å². The molecule has 0 aliphatic heterocycles. The molecular formula is C58H101NO8. The van der Waals surface area contributed by atoms with Gasteiger partial charge >= 0.3 is 11.9 Å². The average molecular weight is 940 g/mol. The number of aliphatic carboxylic acids is 1. The lowest BCUT2D eigenvalue weighted by Crippen LogP contribution is -2.44. The maximum atomic E-state index is 12.8. The first-order chi connectivity index (χ1) is 32.6. The fourth-order valence-electron chi connectivity index (χ4n) is 7.30. The summed E-state index contributed by atoms with van der Waals surface area (Å²) in [5.41, 5.74) is 0. The molecule has 386 valence electrons. The number of hydrogen-bond donors (Lipinski definition) is 0. The van der Waals surface area contributed by atoms with Gasteiger partial charge in [-0.2, -0.15) is 0 Å². The van der Waals surface area contributed by atoms with Crippen molar-refractivity contribution in [2.75, 3.05) is 47.5 Å². The lowest BCUT2D eigenvalue weighted by atomic mass is 10.0. The van der Waals surface area contributed by atoms with E-state index in [1.807, 2.05) is 21.1 Å². The second-order valence-corrected chi connectivity index (χ2v) is 19.1. The van der Waals surface area contributed by atoms with Gasteiger partial charge in [-0.3, -0.25) is 9.59 Å². The molecule has 9 heteroatoms. The number of rotatable bonds is 49. The van der Waals surface area contributed by atoms with Gasteiger partial charge in [0.05, 0.1) is 40.3 Å². The summed E-state index contributed by atoms with van der Waals surface area (Å²) >= 11 is 0. The minimum Gasteiger partial charge on any atom is -0.545 e. The van der Waals surface area contributed by atoms with Crippen molar-refractivity contribution in [2.45, 2.75) is 232 Å². The van der Waals surface area contributed by atoms with E-state index in [4.69, 9.17) is 18.9 Å². The number of quaternary nitrogens is 1. The highest BCUT2D eigenvalue weighted by atomic mass is 16.7. The Bertz CT molecular complexity index is 1330. The third kappa shape index (κ3) is 50.4. The highest BCUT2D eigenvalue weighted by Crippen LogP contribution is 2.16. The Morgan fingerprint density at radius 2 is 0.851 bits per heavy atom. The van der Waals surface area contributed by atoms with Gasteiger partial charge < -0.3 is 33.3 Å². The van der Waals surface area contributed by atoms with E-state index in [9.17, 15) is 19.5 Å². The Labute approximate surface area is 411 Å². The number of carbonyl (C=O) groups is 3. The fourth-order valence-corrected chi connectivity index (χ4v) is 7.30. The van der Waals surface area contributed by atoms with E-state index in [0.717, 1.165) is 70.6 Å². The first kappa shape index (κ1) is 63.7. The van der Waals surface area contributed by atoms with Crippen LogP contribution in [0.5, 0.6) is 0 Å². The largest absolute Gasteiger partial charge is 0.545 e. The van der Waals surface area contributed by atoms with E-state index in [1.54, 1.807) is 0 Å². The molecule has 0 radical (unpaired) electrons. The van der Waals surface area contributed by atoms with Gasteiger partial charge in [-0.1, -0.05) is 215 Å². The van der Waals surface area contributed by atoms with Crippen LogP contribution in [0.25, 0.3) is 0 Å². The van der Waals surface area contributed by atoms with E-state index < -0.39 is 24.3 Å². The van der Waals surface area contributed by atoms with E-state index in [0.29, 0.717) is 17.4 Å². The SMILES string of the molecule is CC/C=C\C/C=C\C/C=C\C/C=C\C/C=C\C/C=C\CCCCC(=O)OC(COC(=O)CCCCCCCCCCCCCCCCCCCCCCC)COC(OCC[N+](C)(C)C)C(=O)[O-]. The molecular weight excluding hydrogens is 839 g/mol. The fraction of sp³-hybridized carbons (Fsp3) is 0.741. The maximum absolute atomic E-state index is 12.8. The maximum Gasteiger partial charge on any atom is 0.306 e. The quantitative estimate of drug-likeness (QED) is 0.0195. The van der Waals surface area contributed by atoms with E-state index in [2.05, 4.69) is 86.8 Å². The van der Waals surface area contributed by atoms with Crippen LogP contribution in [0.3, 0.4) is 0 Å². The number of hydrogen-bond acceptors (Lipinski definition) is 8. The highest BCUT2D eigenvalue weighted by Gasteiger charge is 2.21. The number of carbonyl (C=O) groups excluding carboxylic acids is 3. The molecule has 0 N–H and O–H groups in total. The molecule has 0 saturated carbocycles. The molecule has 0 rings (SSSR count). The van der Waals surface area contributed by atoms with Crippen molar-refractivity contribution in [3.63, 3.8) is 0 Å². The summed E-state index contributed by atoms with van der Waals surface area (Å²) in [6, 6.07) is 0. The highest BCUT2D eigenvalue weighted by molar-refractivity contribution is 5.70. The van der Waals surface area contributed by atoms with Crippen molar-refractivity contribution in [1.29, 1.82) is 0 Å². The summed E-state index contributed by atoms with van der Waals surface area (Å²) in [5.74, 6) is -2.34. The molecule has 9 nitrogen and oxygen atoms in total. The van der Waals surface area contributed by atoms with Crippen LogP contribution in [0.15, 0.2) is 72.9 Å². The second kappa shape index (κ2) is 49.2. The Hall–Kier alpha value is -3.27. The predicted octanol–water partition coefficient (Wildman–Crippen LogP) is 14.1. The van der Waals surface area contributed by atoms with Gasteiger partial charge in [-0.25, -0.2) is 0 Å². The van der Waals surface area contributed by atoms with Gasteiger partial charge in [0.1, 0.15) is 13.2 Å². The third-order valence-corrected chi connectivity index (χ3v) is 11.5. The zero-order valence-electron chi connectivity index (χ0n) is 43.8. The predicted molar refractivity (Wildman–Crippen MR) is 278 cm³/mol. The first-order valence-corrected chi connectivity index (χ1v) is 27.1. The lowest BCUT2D eigenvalue weighted by molar-refractivity contribution is -0.870. The molecule has 0 saturated heterocycles. The van der Waals surface area contributed by atoms with E-state index in [-0.39, 0.29) is 38.6 Å². The van der Waals surface area contributed by atoms with Crippen molar-refractivity contribution >= 4 is 17.9 Å². The van der Waals surface area contributed by atoms with Gasteiger partial charge in [-0.05, 0) is 64.2 Å². The van der Waals surface area contributed by atoms with E-state index >= 15 is 0 Å². The molecule has 0 bridgehead atoms. The number of esters is 2. The Kier molecular flexibility index (Phi) is 46.8. The first-order valence-electron chi connectivity index (χ1n) is 27.1. The van der Waals surface area contributed by atoms with Crippen LogP contribution >= 0.6 is 0 Å². The number of carboxylic acids is 1. The Balaban J connectivity index is 4.38. The molecule has 0 fully saturated rings. The topological polar surface area (TPSA) is 111 Å². The molecule has 2 unspecified atom stereocenters. The van der Waals surface area contributed by atoms with Gasteiger partial charge in [0.25, 0.3) is 0 Å². The zero-order chi connectivity index (χ0) is 49.2. The smallest absolute Gasteiger partial charge is 0.306 e. The van der Waals surface area contributed by atoms with Crippen LogP contribution in [0.2, 0.25) is 0 Å². The van der Waals surface area contributed by atoms with Crippen molar-refractivity contribution in [2.24, 2.45) is 0 Å². The van der Waals surface area contributed by atoms with Crippen molar-refractivity contribution in [3.05, 3.63) is 72.9 Å². The second-order valence-electron chi connectivity index (χ2n) is 19.1. The number of ether oxygens (including phenoxy) is 4. The van der Waals surface area contributed by atoms with Crippen molar-refractivity contribution in [3.8, 4) is 0 Å². The minimum atomic E-state index is -1.64. The third-order valence-electron chi connectivity index (χ3n) is 11.5. The van der Waals surface area contributed by atoms with Crippen molar-refractivity contribution < 1.29 is 42.9 Å². The van der Waals surface area contributed by atoms with Crippen LogP contribution in [-0.4, -0.2) is 82.3 Å². The minimum absolute atomic E-state index is 0.137. The van der Waals surface area contributed by atoms with Crippen LogP contribution < -0.4 is 5.11 Å². The lowest BCUT2D eigenvalue weighted by Gasteiger charge is -2.26. The Morgan fingerprint density at radius 1 is 0.463 bits per heavy atom. The summed E-state index contributed by atoms with van der Waals surface area (Å²) in [7, 11) is 5.90. The van der Waals surface area contributed by atoms with Crippen LogP contribution in [-0.2, 0) is 33.3 Å². The molecule has 0 amide bonds. The number of allylic oxidation sites excluding steroid dienone is 12. The standard InChI is InChI=1S/C58H101NO8/c1-6-8-10-12-14-16-18-20-22-24-26-28-30-32-34-36-38-40-42-44-46-48-55(60)65-52-54(53-66-58(57(62)63)64-51-50-59(3,4)5)67-56(61)49-47-45-43-41-39-37-35-33-31-29-27-25-23-21-19-17-15-13-11-9-7-2/h9,11,15,17,21,23,27,29,33,35,39,41,54,58H,6-8,10,12-14,16,18-20,22,24-26,28,30-32,34,36-38,40,42-53H2,1-5H3/b11-9-,17-15-,23-21-,29-27-,35-33-,41-39-.